The van der Waals surface area contributed by atoms with Gasteiger partial charge in [0.1, 0.15) is 23.6 Å². The first-order chi connectivity index (χ1) is 11.3. The molecule has 1 unspecified atom stereocenters. The highest BCUT2D eigenvalue weighted by molar-refractivity contribution is 6.33. The number of fused-ring (bicyclic) bond motifs is 1. The van der Waals surface area contributed by atoms with Crippen LogP contribution in [0.1, 0.15) is 18.1 Å². The molecule has 3 rings (SSSR count). The van der Waals surface area contributed by atoms with E-state index >= 15 is 0 Å². The number of anilines is 1. The Balaban J connectivity index is 2.28. The largest absolute Gasteiger partial charge is 0.368 e. The molecule has 1 atom stereocenters. The van der Waals surface area contributed by atoms with Gasteiger partial charge in [-0.25, -0.2) is 13.8 Å². The molecule has 0 radical (unpaired) electrons. The molecule has 0 spiro atoms. The van der Waals surface area contributed by atoms with E-state index in [1.807, 2.05) is 0 Å². The van der Waals surface area contributed by atoms with Crippen molar-refractivity contribution in [3.05, 3.63) is 58.2 Å². The first-order valence-corrected chi connectivity index (χ1v) is 7.35. The van der Waals surface area contributed by atoms with Crippen molar-refractivity contribution in [3.8, 4) is 0 Å². The second kappa shape index (κ2) is 5.52. The van der Waals surface area contributed by atoms with Crippen molar-refractivity contribution in [2.24, 2.45) is 5.73 Å². The second-order valence-electron chi connectivity index (χ2n) is 5.61. The van der Waals surface area contributed by atoms with Crippen LogP contribution in [-0.4, -0.2) is 23.3 Å². The van der Waals surface area contributed by atoms with Gasteiger partial charge in [0.2, 0.25) is 11.8 Å². The quantitative estimate of drug-likeness (QED) is 0.920. The number of amides is 2. The molecule has 1 aromatic heterocycles. The lowest BCUT2D eigenvalue weighted by Gasteiger charge is -2.24. The van der Waals surface area contributed by atoms with E-state index in [4.69, 9.17) is 17.3 Å². The first kappa shape index (κ1) is 16.3. The zero-order chi connectivity index (χ0) is 17.6. The molecule has 0 bridgehead atoms. The average molecular weight is 352 g/mol. The van der Waals surface area contributed by atoms with Crippen LogP contribution in [0.15, 0.2) is 30.5 Å². The normalized spacial score (nSPS) is 19.5. The third-order valence-electron chi connectivity index (χ3n) is 4.12. The molecular formula is C16H12ClF2N3O2. The molecule has 1 aliphatic heterocycles. The van der Waals surface area contributed by atoms with Gasteiger partial charge in [-0.2, -0.15) is 0 Å². The number of nitrogens with two attached hydrogens (primary N) is 1. The van der Waals surface area contributed by atoms with Crippen LogP contribution in [0.5, 0.6) is 0 Å². The highest BCUT2D eigenvalue weighted by Gasteiger charge is 2.51. The molecule has 1 aliphatic rings. The Hall–Kier alpha value is -2.54. The third kappa shape index (κ3) is 2.24. The zero-order valence-electron chi connectivity index (χ0n) is 12.5. The summed E-state index contributed by atoms with van der Waals surface area (Å²) < 4.78 is 27.2. The van der Waals surface area contributed by atoms with E-state index in [0.29, 0.717) is 5.56 Å². The Morgan fingerprint density at radius 2 is 1.96 bits per heavy atom. The maximum absolute atomic E-state index is 13.9. The fraction of sp³-hybridized carbons (Fsp3) is 0.188. The van der Waals surface area contributed by atoms with Gasteiger partial charge in [-0.1, -0.05) is 23.7 Å². The van der Waals surface area contributed by atoms with Gasteiger partial charge < -0.3 is 5.73 Å². The van der Waals surface area contributed by atoms with Gasteiger partial charge in [0, 0.05) is 5.56 Å². The molecule has 1 aromatic carbocycles. The molecule has 2 N–H and O–H groups in total. The molecule has 5 nitrogen and oxygen atoms in total. The Labute approximate surface area is 141 Å². The van der Waals surface area contributed by atoms with Crippen molar-refractivity contribution < 1.29 is 18.4 Å². The van der Waals surface area contributed by atoms with Crippen LogP contribution < -0.4 is 10.6 Å². The van der Waals surface area contributed by atoms with Crippen LogP contribution in [0.3, 0.4) is 0 Å². The molecule has 0 saturated carbocycles. The van der Waals surface area contributed by atoms with E-state index in [1.54, 1.807) is 0 Å². The van der Waals surface area contributed by atoms with Gasteiger partial charge in [0.05, 0.1) is 11.2 Å². The fourth-order valence-corrected chi connectivity index (χ4v) is 3.25. The standard InChI is InChI=1S/C16H12ClF2N3O2/c1-16(8-2-4-9(18)5-3-8)12-13(17)10(19)6-21-14(12)22(15(16)24)7-11(20)23/h2-6H,7H2,1H3,(H2,20,23). The van der Waals surface area contributed by atoms with E-state index in [-0.39, 0.29) is 16.4 Å². The summed E-state index contributed by atoms with van der Waals surface area (Å²) in [5, 5.41) is -0.271. The lowest BCUT2D eigenvalue weighted by molar-refractivity contribution is -0.124. The van der Waals surface area contributed by atoms with Crippen molar-refractivity contribution in [1.82, 2.24) is 4.98 Å². The van der Waals surface area contributed by atoms with Crippen LogP contribution >= 0.6 is 11.6 Å². The second-order valence-corrected chi connectivity index (χ2v) is 5.99. The van der Waals surface area contributed by atoms with Gasteiger partial charge in [0.25, 0.3) is 0 Å². The Morgan fingerprint density at radius 3 is 2.54 bits per heavy atom. The van der Waals surface area contributed by atoms with Gasteiger partial charge >= 0.3 is 0 Å². The highest BCUT2D eigenvalue weighted by Crippen LogP contribution is 2.48. The molecule has 8 heteroatoms. The number of primary amides is 1. The summed E-state index contributed by atoms with van der Waals surface area (Å²) in [6, 6.07) is 5.19. The summed E-state index contributed by atoms with van der Waals surface area (Å²) in [6.07, 6.45) is 0.874. The number of carbonyl (C=O) groups is 2. The number of hydrogen-bond donors (Lipinski definition) is 1. The van der Waals surface area contributed by atoms with Gasteiger partial charge in [-0.3, -0.25) is 14.5 Å². The summed E-state index contributed by atoms with van der Waals surface area (Å²) in [5.41, 5.74) is 4.30. The average Bonchev–Trinajstić information content (AvgIpc) is 2.74. The predicted octanol–water partition coefficient (Wildman–Crippen LogP) is 2.15. The lowest BCUT2D eigenvalue weighted by Crippen LogP contribution is -2.43. The number of aromatic nitrogens is 1. The molecule has 0 fully saturated rings. The van der Waals surface area contributed by atoms with Crippen LogP contribution in [-0.2, 0) is 15.0 Å². The summed E-state index contributed by atoms with van der Waals surface area (Å²) in [6.45, 7) is 1.10. The van der Waals surface area contributed by atoms with Gasteiger partial charge in [-0.15, -0.1) is 0 Å². The number of hydrogen-bond acceptors (Lipinski definition) is 3. The van der Waals surface area contributed by atoms with Crippen LogP contribution in [0.4, 0.5) is 14.6 Å². The van der Waals surface area contributed by atoms with E-state index in [1.165, 1.54) is 31.2 Å². The minimum absolute atomic E-state index is 0.0667. The van der Waals surface area contributed by atoms with Crippen LogP contribution in [0, 0.1) is 11.6 Å². The summed E-state index contributed by atoms with van der Waals surface area (Å²) in [5.74, 6) is -2.50. The zero-order valence-corrected chi connectivity index (χ0v) is 13.3. The fourth-order valence-electron chi connectivity index (χ4n) is 2.93. The maximum atomic E-state index is 13.9. The van der Waals surface area contributed by atoms with Crippen LogP contribution in [0.2, 0.25) is 5.02 Å². The van der Waals surface area contributed by atoms with Crippen molar-refractivity contribution in [3.63, 3.8) is 0 Å². The highest BCUT2D eigenvalue weighted by atomic mass is 35.5. The molecular weight excluding hydrogens is 340 g/mol. The monoisotopic (exact) mass is 351 g/mol. The van der Waals surface area contributed by atoms with E-state index < -0.39 is 35.4 Å². The number of halogens is 3. The molecule has 124 valence electrons. The van der Waals surface area contributed by atoms with E-state index in [9.17, 15) is 18.4 Å². The maximum Gasteiger partial charge on any atom is 0.243 e. The van der Waals surface area contributed by atoms with Crippen molar-refractivity contribution in [1.29, 1.82) is 0 Å². The van der Waals surface area contributed by atoms with Crippen molar-refractivity contribution in [2.75, 3.05) is 11.4 Å². The lowest BCUT2D eigenvalue weighted by atomic mass is 9.77. The minimum atomic E-state index is -1.41. The molecule has 2 heterocycles. The number of carbonyl (C=O) groups excluding carboxylic acids is 2. The molecule has 0 aliphatic carbocycles. The Morgan fingerprint density at radius 1 is 1.33 bits per heavy atom. The summed E-state index contributed by atoms with van der Waals surface area (Å²) in [7, 11) is 0. The molecule has 2 amide bonds. The molecule has 0 saturated heterocycles. The van der Waals surface area contributed by atoms with Crippen LogP contribution in [0.25, 0.3) is 0 Å². The summed E-state index contributed by atoms with van der Waals surface area (Å²) in [4.78, 5) is 29.2. The number of pyridine rings is 1. The van der Waals surface area contributed by atoms with Gasteiger partial charge in [0.15, 0.2) is 5.82 Å². The first-order valence-electron chi connectivity index (χ1n) is 6.97. The van der Waals surface area contributed by atoms with E-state index in [2.05, 4.69) is 4.98 Å². The smallest absolute Gasteiger partial charge is 0.243 e. The van der Waals surface area contributed by atoms with Gasteiger partial charge in [-0.05, 0) is 24.6 Å². The predicted molar refractivity (Wildman–Crippen MR) is 83.6 cm³/mol. The summed E-state index contributed by atoms with van der Waals surface area (Å²) >= 11 is 6.09. The topological polar surface area (TPSA) is 76.3 Å². The van der Waals surface area contributed by atoms with Crippen molar-refractivity contribution >= 4 is 29.2 Å². The van der Waals surface area contributed by atoms with E-state index in [0.717, 1.165) is 11.1 Å². The molecule has 24 heavy (non-hydrogen) atoms. The SMILES string of the molecule is CC1(c2ccc(F)cc2)C(=O)N(CC(N)=O)c2ncc(F)c(Cl)c21. The van der Waals surface area contributed by atoms with Crippen molar-refractivity contribution in [2.45, 2.75) is 12.3 Å². The minimum Gasteiger partial charge on any atom is -0.368 e. The Bertz CT molecular complexity index is 857. The Kier molecular flexibility index (Phi) is 3.76. The number of benzene rings is 1. The number of nitrogens with zero attached hydrogens (tertiary/aromatic N) is 2. The molecule has 2 aromatic rings. The third-order valence-corrected chi connectivity index (χ3v) is 4.49. The number of rotatable bonds is 3.